The molecule has 23 heavy (non-hydrogen) atoms. The number of nitrogens with zero attached hydrogens (tertiary/aromatic N) is 3. The maximum Gasteiger partial charge on any atom is 0.225 e. The second kappa shape index (κ2) is 6.90. The number of carbonyl (C=O) groups is 1. The Labute approximate surface area is 137 Å². The molecule has 0 amide bonds. The molecule has 1 atom stereocenters. The Morgan fingerprint density at radius 2 is 2.00 bits per heavy atom. The van der Waals surface area contributed by atoms with Gasteiger partial charge in [-0.1, -0.05) is 44.2 Å². The van der Waals surface area contributed by atoms with Crippen molar-refractivity contribution in [2.75, 3.05) is 18.0 Å². The molecule has 1 saturated heterocycles. The van der Waals surface area contributed by atoms with Crippen LogP contribution in [0, 0.1) is 5.92 Å². The number of Topliss-reactive ketones (excluding diaryl/α,β-unsaturated/α-hetero) is 1. The van der Waals surface area contributed by atoms with Crippen LogP contribution in [0.4, 0.5) is 5.95 Å². The normalized spacial score (nSPS) is 18.2. The SMILES string of the molecule is CC(C)c1ccnc(N2CCC[C@@H](C(=O)c3ccccc3)C2)n1. The Balaban J connectivity index is 1.76. The zero-order valence-electron chi connectivity index (χ0n) is 13.8. The molecule has 2 aromatic rings. The van der Waals surface area contributed by atoms with E-state index in [-0.39, 0.29) is 11.7 Å². The quantitative estimate of drug-likeness (QED) is 0.808. The summed E-state index contributed by atoms with van der Waals surface area (Å²) in [6, 6.07) is 11.5. The number of anilines is 1. The van der Waals surface area contributed by atoms with Gasteiger partial charge in [-0.3, -0.25) is 4.79 Å². The van der Waals surface area contributed by atoms with Crippen LogP contribution >= 0.6 is 0 Å². The average Bonchev–Trinajstić information content (AvgIpc) is 2.62. The topological polar surface area (TPSA) is 46.1 Å². The van der Waals surface area contributed by atoms with Gasteiger partial charge in [0.2, 0.25) is 5.95 Å². The highest BCUT2D eigenvalue weighted by atomic mass is 16.1. The van der Waals surface area contributed by atoms with Gasteiger partial charge in [-0.15, -0.1) is 0 Å². The molecular weight excluding hydrogens is 286 g/mol. The average molecular weight is 309 g/mol. The summed E-state index contributed by atoms with van der Waals surface area (Å²) in [5, 5.41) is 0. The predicted octanol–water partition coefficient (Wildman–Crippen LogP) is 3.70. The van der Waals surface area contributed by atoms with Gasteiger partial charge in [-0.25, -0.2) is 9.97 Å². The van der Waals surface area contributed by atoms with Crippen LogP contribution in [0.1, 0.15) is 48.7 Å². The van der Waals surface area contributed by atoms with E-state index in [4.69, 9.17) is 0 Å². The van der Waals surface area contributed by atoms with Gasteiger partial charge in [-0.05, 0) is 24.8 Å². The van der Waals surface area contributed by atoms with Gasteiger partial charge in [0, 0.05) is 36.5 Å². The minimum absolute atomic E-state index is 0.0254. The standard InChI is InChI=1S/C19H23N3O/c1-14(2)17-10-11-20-19(21-17)22-12-6-9-16(13-22)18(23)15-7-4-3-5-8-15/h3-5,7-8,10-11,14,16H,6,9,12-13H2,1-2H3/t16-/m1/s1. The second-order valence-corrected chi connectivity index (χ2v) is 6.45. The summed E-state index contributed by atoms with van der Waals surface area (Å²) in [6.07, 6.45) is 3.76. The number of ketones is 1. The summed E-state index contributed by atoms with van der Waals surface area (Å²) in [5.41, 5.74) is 1.85. The van der Waals surface area contributed by atoms with Crippen molar-refractivity contribution in [2.45, 2.75) is 32.6 Å². The third-order valence-corrected chi connectivity index (χ3v) is 4.39. The summed E-state index contributed by atoms with van der Waals surface area (Å²) in [5.74, 6) is 1.39. The van der Waals surface area contributed by atoms with Gasteiger partial charge < -0.3 is 4.90 Å². The van der Waals surface area contributed by atoms with E-state index < -0.39 is 0 Å². The fourth-order valence-electron chi connectivity index (χ4n) is 3.05. The van der Waals surface area contributed by atoms with E-state index in [0.29, 0.717) is 12.5 Å². The Kier molecular flexibility index (Phi) is 4.70. The number of carbonyl (C=O) groups excluding carboxylic acids is 1. The van der Waals surface area contributed by atoms with Crippen molar-refractivity contribution in [3.63, 3.8) is 0 Å². The molecule has 0 radical (unpaired) electrons. The lowest BCUT2D eigenvalue weighted by Crippen LogP contribution is -2.39. The molecule has 0 unspecified atom stereocenters. The Bertz CT molecular complexity index is 669. The van der Waals surface area contributed by atoms with E-state index in [1.807, 2.05) is 42.6 Å². The molecule has 1 aliphatic rings. The molecule has 1 fully saturated rings. The molecule has 4 heteroatoms. The fourth-order valence-corrected chi connectivity index (χ4v) is 3.05. The van der Waals surface area contributed by atoms with Crippen LogP contribution in [0.3, 0.4) is 0 Å². The zero-order chi connectivity index (χ0) is 16.2. The van der Waals surface area contributed by atoms with Crippen molar-refractivity contribution in [2.24, 2.45) is 5.92 Å². The van der Waals surface area contributed by atoms with Gasteiger partial charge >= 0.3 is 0 Å². The number of benzene rings is 1. The van der Waals surface area contributed by atoms with E-state index in [2.05, 4.69) is 28.7 Å². The molecule has 2 heterocycles. The first-order valence-electron chi connectivity index (χ1n) is 8.32. The number of aromatic nitrogens is 2. The molecule has 0 spiro atoms. The number of hydrogen-bond donors (Lipinski definition) is 0. The van der Waals surface area contributed by atoms with E-state index in [1.165, 1.54) is 0 Å². The molecule has 0 N–H and O–H groups in total. The third kappa shape index (κ3) is 3.58. The molecule has 1 aromatic carbocycles. The Hall–Kier alpha value is -2.23. The molecule has 0 saturated carbocycles. The highest BCUT2D eigenvalue weighted by Crippen LogP contribution is 2.24. The first kappa shape index (κ1) is 15.7. The first-order valence-corrected chi connectivity index (χ1v) is 8.32. The van der Waals surface area contributed by atoms with E-state index in [9.17, 15) is 4.79 Å². The summed E-state index contributed by atoms with van der Waals surface area (Å²) in [6.45, 7) is 5.88. The number of hydrogen-bond acceptors (Lipinski definition) is 4. The molecule has 3 rings (SSSR count). The maximum absolute atomic E-state index is 12.7. The van der Waals surface area contributed by atoms with Crippen LogP contribution in [-0.2, 0) is 0 Å². The maximum atomic E-state index is 12.7. The lowest BCUT2D eigenvalue weighted by atomic mass is 9.90. The molecule has 4 nitrogen and oxygen atoms in total. The minimum Gasteiger partial charge on any atom is -0.340 e. The van der Waals surface area contributed by atoms with Crippen molar-refractivity contribution in [3.05, 3.63) is 53.9 Å². The lowest BCUT2D eigenvalue weighted by Gasteiger charge is -2.32. The highest BCUT2D eigenvalue weighted by molar-refractivity contribution is 5.98. The van der Waals surface area contributed by atoms with E-state index >= 15 is 0 Å². The van der Waals surface area contributed by atoms with Crippen molar-refractivity contribution < 1.29 is 4.79 Å². The molecule has 0 bridgehead atoms. The van der Waals surface area contributed by atoms with Gasteiger partial charge in [0.1, 0.15) is 0 Å². The van der Waals surface area contributed by atoms with Crippen molar-refractivity contribution in [1.82, 2.24) is 9.97 Å². The first-order chi connectivity index (χ1) is 11.1. The monoisotopic (exact) mass is 309 g/mol. The van der Waals surface area contributed by atoms with Gasteiger partial charge in [0.15, 0.2) is 5.78 Å². The minimum atomic E-state index is 0.0254. The third-order valence-electron chi connectivity index (χ3n) is 4.39. The number of piperidine rings is 1. The van der Waals surface area contributed by atoms with E-state index in [0.717, 1.165) is 36.6 Å². The van der Waals surface area contributed by atoms with Gasteiger partial charge in [-0.2, -0.15) is 0 Å². The predicted molar refractivity (Wildman–Crippen MR) is 91.8 cm³/mol. The largest absolute Gasteiger partial charge is 0.340 e. The Morgan fingerprint density at radius 1 is 1.22 bits per heavy atom. The van der Waals surface area contributed by atoms with Crippen LogP contribution in [0.25, 0.3) is 0 Å². The fraction of sp³-hybridized carbons (Fsp3) is 0.421. The molecular formula is C19H23N3O. The summed E-state index contributed by atoms with van der Waals surface area (Å²) in [4.78, 5) is 23.9. The summed E-state index contributed by atoms with van der Waals surface area (Å²) < 4.78 is 0. The van der Waals surface area contributed by atoms with Crippen LogP contribution in [0.5, 0.6) is 0 Å². The van der Waals surface area contributed by atoms with Crippen LogP contribution < -0.4 is 4.90 Å². The van der Waals surface area contributed by atoms with Crippen molar-refractivity contribution >= 4 is 11.7 Å². The van der Waals surface area contributed by atoms with Crippen molar-refractivity contribution in [1.29, 1.82) is 0 Å². The number of rotatable bonds is 4. The van der Waals surface area contributed by atoms with Gasteiger partial charge in [0.05, 0.1) is 0 Å². The summed E-state index contributed by atoms with van der Waals surface area (Å²) in [7, 11) is 0. The molecule has 1 aromatic heterocycles. The summed E-state index contributed by atoms with van der Waals surface area (Å²) >= 11 is 0. The molecule has 0 aliphatic carbocycles. The van der Waals surface area contributed by atoms with Crippen LogP contribution in [0.2, 0.25) is 0 Å². The zero-order valence-corrected chi connectivity index (χ0v) is 13.8. The van der Waals surface area contributed by atoms with Crippen LogP contribution in [-0.4, -0.2) is 28.8 Å². The van der Waals surface area contributed by atoms with Gasteiger partial charge in [0.25, 0.3) is 0 Å². The Morgan fingerprint density at radius 3 is 2.74 bits per heavy atom. The smallest absolute Gasteiger partial charge is 0.225 e. The second-order valence-electron chi connectivity index (χ2n) is 6.45. The highest BCUT2D eigenvalue weighted by Gasteiger charge is 2.27. The lowest BCUT2D eigenvalue weighted by molar-refractivity contribution is 0.0907. The van der Waals surface area contributed by atoms with E-state index in [1.54, 1.807) is 0 Å². The van der Waals surface area contributed by atoms with Crippen LogP contribution in [0.15, 0.2) is 42.6 Å². The molecule has 1 aliphatic heterocycles. The molecule has 120 valence electrons. The van der Waals surface area contributed by atoms with Crippen molar-refractivity contribution in [3.8, 4) is 0 Å².